The average molecular weight is 502 g/mol. The minimum atomic E-state index is -0.710. The van der Waals surface area contributed by atoms with Gasteiger partial charge in [0.25, 0.3) is 11.5 Å². The van der Waals surface area contributed by atoms with E-state index in [1.54, 1.807) is 6.07 Å². The van der Waals surface area contributed by atoms with Crippen LogP contribution in [0.5, 0.6) is 5.88 Å². The number of thiocarbonyl (C=S) groups is 1. The second-order valence-corrected chi connectivity index (χ2v) is 9.03. The number of halogens is 1. The number of aromatic nitrogens is 1. The third-order valence-corrected chi connectivity index (χ3v) is 6.53. The van der Waals surface area contributed by atoms with Gasteiger partial charge in [-0.15, -0.1) is 0 Å². The lowest BCUT2D eigenvalue weighted by Crippen LogP contribution is -2.35. The molecule has 2 heterocycles. The molecular weight excluding hydrogens is 481 g/mol. The summed E-state index contributed by atoms with van der Waals surface area (Å²) in [7, 11) is 1.49. The van der Waals surface area contributed by atoms with Gasteiger partial charge in [-0.25, -0.2) is 4.39 Å². The van der Waals surface area contributed by atoms with Gasteiger partial charge in [-0.2, -0.15) is 5.26 Å². The molecule has 0 radical (unpaired) electrons. The minimum Gasteiger partial charge on any atom is -0.494 e. The fourth-order valence-corrected chi connectivity index (χ4v) is 4.68. The molecule has 0 aliphatic carbocycles. The third kappa shape index (κ3) is 5.09. The number of carbonyl (C=O) groups excluding carboxylic acids is 2. The Bertz CT molecular complexity index is 1300. The van der Waals surface area contributed by atoms with E-state index in [9.17, 15) is 29.1 Å². The molecule has 0 spiro atoms. The van der Waals surface area contributed by atoms with Crippen molar-refractivity contribution < 1.29 is 23.8 Å². The van der Waals surface area contributed by atoms with Crippen LogP contribution in [0.4, 0.5) is 4.39 Å². The molecule has 3 rings (SSSR count). The van der Waals surface area contributed by atoms with Crippen LogP contribution in [0.3, 0.4) is 0 Å². The summed E-state index contributed by atoms with van der Waals surface area (Å²) >= 11 is 6.25. The smallest absolute Gasteiger partial charge is 0.271 e. The van der Waals surface area contributed by atoms with Crippen molar-refractivity contribution in [1.29, 1.82) is 5.26 Å². The highest BCUT2D eigenvalue weighted by Crippen LogP contribution is 2.33. The van der Waals surface area contributed by atoms with Gasteiger partial charge in [0.1, 0.15) is 21.8 Å². The Kier molecular flexibility index (Phi) is 7.98. The maximum atomic E-state index is 13.2. The molecule has 1 N–H and O–H groups in total. The number of thioether (sulfide) groups is 1. The third-order valence-electron chi connectivity index (χ3n) is 5.15. The summed E-state index contributed by atoms with van der Waals surface area (Å²) in [5.74, 6) is -2.18. The normalized spacial score (nSPS) is 14.6. The number of aromatic hydroxyl groups is 1. The van der Waals surface area contributed by atoms with E-state index in [0.717, 1.165) is 21.2 Å². The second kappa shape index (κ2) is 10.7. The number of carbonyl (C=O) groups is 2. The maximum absolute atomic E-state index is 13.2. The Labute approximate surface area is 204 Å². The topological polar surface area (TPSA) is 113 Å². The summed E-state index contributed by atoms with van der Waals surface area (Å²) < 4.78 is 19.2. The summed E-state index contributed by atoms with van der Waals surface area (Å²) in [4.78, 5) is 40.0. The molecule has 34 heavy (non-hydrogen) atoms. The van der Waals surface area contributed by atoms with Gasteiger partial charge in [-0.05, 0) is 42.7 Å². The summed E-state index contributed by atoms with van der Waals surface area (Å²) in [5, 5.41) is 20.2. The van der Waals surface area contributed by atoms with E-state index in [2.05, 4.69) is 0 Å². The number of ketones is 1. The van der Waals surface area contributed by atoms with Crippen LogP contribution in [0.15, 0.2) is 34.0 Å². The number of amides is 1. The van der Waals surface area contributed by atoms with Gasteiger partial charge in [0.15, 0.2) is 5.78 Å². The van der Waals surface area contributed by atoms with Crippen molar-refractivity contribution in [3.8, 4) is 11.9 Å². The van der Waals surface area contributed by atoms with Gasteiger partial charge in [0.2, 0.25) is 5.88 Å². The quantitative estimate of drug-likeness (QED) is 0.254. The first kappa shape index (κ1) is 25.3. The van der Waals surface area contributed by atoms with Crippen molar-refractivity contribution in [2.75, 3.05) is 20.3 Å². The second-order valence-electron chi connectivity index (χ2n) is 7.36. The molecule has 1 aromatic carbocycles. The van der Waals surface area contributed by atoms with Crippen LogP contribution in [0.1, 0.15) is 33.5 Å². The van der Waals surface area contributed by atoms with E-state index in [1.165, 1.54) is 44.4 Å². The molecule has 1 amide bonds. The summed E-state index contributed by atoms with van der Waals surface area (Å²) in [5.41, 5.74) is -0.572. The fraction of sp³-hybridized carbons (Fsp3) is 0.261. The molecule has 2 aromatic rings. The average Bonchev–Trinajstić information content (AvgIpc) is 3.05. The van der Waals surface area contributed by atoms with E-state index < -0.39 is 35.5 Å². The molecule has 11 heteroatoms. The van der Waals surface area contributed by atoms with E-state index >= 15 is 0 Å². The molecule has 1 aliphatic rings. The SMILES string of the molecule is COCCCn1c(O)c(C(=O)CN2C(=O)/C(=C/c3ccc(F)cc3)SC2=S)c(C)c(C#N)c1=O. The van der Waals surface area contributed by atoms with Gasteiger partial charge in [-0.3, -0.25) is 23.9 Å². The zero-order chi connectivity index (χ0) is 25.0. The van der Waals surface area contributed by atoms with Gasteiger partial charge in [-0.1, -0.05) is 36.1 Å². The predicted molar refractivity (Wildman–Crippen MR) is 129 cm³/mol. The minimum absolute atomic E-state index is 0.0327. The number of Topliss-reactive ketones (excluding diaryl/α,β-unsaturated/α-hetero) is 1. The molecule has 1 saturated heterocycles. The van der Waals surface area contributed by atoms with Crippen molar-refractivity contribution in [1.82, 2.24) is 9.47 Å². The molecule has 0 unspecified atom stereocenters. The lowest BCUT2D eigenvalue weighted by atomic mass is 10.0. The van der Waals surface area contributed by atoms with Crippen molar-refractivity contribution >= 4 is 46.1 Å². The van der Waals surface area contributed by atoms with Crippen molar-refractivity contribution in [3.05, 3.63) is 67.6 Å². The highest BCUT2D eigenvalue weighted by molar-refractivity contribution is 8.26. The first-order valence-corrected chi connectivity index (χ1v) is 11.3. The van der Waals surface area contributed by atoms with E-state index in [1.807, 2.05) is 0 Å². The first-order chi connectivity index (χ1) is 16.2. The van der Waals surface area contributed by atoms with Crippen LogP contribution < -0.4 is 5.56 Å². The summed E-state index contributed by atoms with van der Waals surface area (Å²) in [6, 6.07) is 7.32. The number of hydrogen-bond donors (Lipinski definition) is 1. The van der Waals surface area contributed by atoms with Crippen molar-refractivity contribution in [3.63, 3.8) is 0 Å². The van der Waals surface area contributed by atoms with Gasteiger partial charge in [0, 0.05) is 20.3 Å². The van der Waals surface area contributed by atoms with Crippen LogP contribution in [-0.4, -0.2) is 50.8 Å². The van der Waals surface area contributed by atoms with Crippen molar-refractivity contribution in [2.24, 2.45) is 0 Å². The van der Waals surface area contributed by atoms with Gasteiger partial charge in [0.05, 0.1) is 17.0 Å². The molecule has 176 valence electrons. The summed E-state index contributed by atoms with van der Waals surface area (Å²) in [6.07, 6.45) is 1.91. The lowest BCUT2D eigenvalue weighted by Gasteiger charge is -2.18. The van der Waals surface area contributed by atoms with Crippen LogP contribution in [0.2, 0.25) is 0 Å². The molecule has 1 aliphatic heterocycles. The molecule has 0 atom stereocenters. The molecule has 0 saturated carbocycles. The van der Waals surface area contributed by atoms with E-state index in [-0.39, 0.29) is 32.5 Å². The van der Waals surface area contributed by atoms with Crippen LogP contribution in [-0.2, 0) is 16.1 Å². The van der Waals surface area contributed by atoms with Crippen LogP contribution in [0.25, 0.3) is 6.08 Å². The highest BCUT2D eigenvalue weighted by Gasteiger charge is 2.35. The number of ether oxygens (including phenoxy) is 1. The fourth-order valence-electron chi connectivity index (χ4n) is 3.43. The number of rotatable bonds is 8. The Balaban J connectivity index is 1.91. The summed E-state index contributed by atoms with van der Waals surface area (Å²) in [6.45, 7) is 1.25. The first-order valence-electron chi connectivity index (χ1n) is 10.1. The predicted octanol–water partition coefficient (Wildman–Crippen LogP) is 2.99. The van der Waals surface area contributed by atoms with Gasteiger partial charge < -0.3 is 9.84 Å². The lowest BCUT2D eigenvalue weighted by molar-refractivity contribution is -0.121. The number of pyridine rings is 1. The van der Waals surface area contributed by atoms with E-state index in [4.69, 9.17) is 17.0 Å². The number of methoxy groups -OCH3 is 1. The number of nitrogens with zero attached hydrogens (tertiary/aromatic N) is 3. The molecule has 1 fully saturated rings. The Morgan fingerprint density at radius 2 is 2.00 bits per heavy atom. The number of nitriles is 1. The van der Waals surface area contributed by atoms with Crippen LogP contribution in [0, 0.1) is 24.1 Å². The Morgan fingerprint density at radius 1 is 1.32 bits per heavy atom. The molecule has 8 nitrogen and oxygen atoms in total. The maximum Gasteiger partial charge on any atom is 0.271 e. The van der Waals surface area contributed by atoms with Gasteiger partial charge >= 0.3 is 0 Å². The zero-order valence-corrected chi connectivity index (χ0v) is 20.0. The van der Waals surface area contributed by atoms with Crippen molar-refractivity contribution in [2.45, 2.75) is 19.9 Å². The zero-order valence-electron chi connectivity index (χ0n) is 18.3. The highest BCUT2D eigenvalue weighted by atomic mass is 32.2. The standard InChI is InChI=1S/C23H20FN3O5S2/c1-13-16(11-25)20(29)26(8-3-9-32-2)22(31)19(13)17(28)12-27-21(30)18(34-23(27)33)10-14-4-6-15(24)7-5-14/h4-7,10,31H,3,8-9,12H2,1-2H3/b18-10-. The largest absolute Gasteiger partial charge is 0.494 e. The molecule has 0 bridgehead atoms. The Morgan fingerprint density at radius 3 is 2.62 bits per heavy atom. The number of benzene rings is 1. The van der Waals surface area contributed by atoms with Crippen LogP contribution >= 0.6 is 24.0 Å². The monoisotopic (exact) mass is 501 g/mol. The molecular formula is C23H20FN3O5S2. The Hall–Kier alpha value is -3.33. The van der Waals surface area contributed by atoms with E-state index in [0.29, 0.717) is 18.6 Å². The molecule has 1 aromatic heterocycles. The number of hydrogen-bond acceptors (Lipinski definition) is 8.